The van der Waals surface area contributed by atoms with E-state index in [1.165, 1.54) is 0 Å². The smallest absolute Gasteiger partial charge is 0.242 e. The van der Waals surface area contributed by atoms with Crippen molar-refractivity contribution < 1.29 is 4.79 Å². The Balaban J connectivity index is 2.31. The van der Waals surface area contributed by atoms with Gasteiger partial charge in [0.1, 0.15) is 6.54 Å². The first kappa shape index (κ1) is 13.0. The zero-order valence-electron chi connectivity index (χ0n) is 10.2. The Morgan fingerprint density at radius 1 is 1.67 bits per heavy atom. The molecule has 2 aromatic rings. The van der Waals surface area contributed by atoms with Gasteiger partial charge < -0.3 is 4.90 Å². The number of amides is 1. The number of carbonyl (C=O) groups is 1. The van der Waals surface area contributed by atoms with Crippen molar-refractivity contribution in [2.45, 2.75) is 13.5 Å². The maximum atomic E-state index is 11.9. The van der Waals surface area contributed by atoms with Gasteiger partial charge in [-0.05, 0) is 30.6 Å². The molecule has 2 heterocycles. The maximum Gasteiger partial charge on any atom is 0.242 e. The molecule has 0 atom stereocenters. The number of nitrogens with zero attached hydrogens (tertiary/aromatic N) is 3. The number of likely N-dealkylation sites (N-methyl/N-ethyl adjacent to an activating group) is 1. The van der Waals surface area contributed by atoms with Crippen molar-refractivity contribution in [1.29, 1.82) is 0 Å². The summed E-state index contributed by atoms with van der Waals surface area (Å²) in [4.78, 5) is 14.6. The molecule has 0 saturated carbocycles. The van der Waals surface area contributed by atoms with Crippen molar-refractivity contribution >= 4 is 29.5 Å². The average Bonchev–Trinajstić information content (AvgIpc) is 2.99. The minimum atomic E-state index is 0.0211. The van der Waals surface area contributed by atoms with E-state index in [1.54, 1.807) is 27.9 Å². The van der Waals surface area contributed by atoms with Crippen molar-refractivity contribution in [3.05, 3.63) is 22.3 Å². The summed E-state index contributed by atoms with van der Waals surface area (Å²) in [7, 11) is 1.77. The fourth-order valence-electron chi connectivity index (χ4n) is 1.49. The van der Waals surface area contributed by atoms with E-state index in [9.17, 15) is 4.79 Å². The lowest BCUT2D eigenvalue weighted by Gasteiger charge is -2.15. The van der Waals surface area contributed by atoms with Crippen molar-refractivity contribution in [2.75, 3.05) is 13.6 Å². The van der Waals surface area contributed by atoms with E-state index in [2.05, 4.69) is 10.2 Å². The van der Waals surface area contributed by atoms with Crippen LogP contribution in [-0.2, 0) is 11.3 Å². The number of aromatic amines is 1. The third-order valence-corrected chi connectivity index (χ3v) is 3.87. The average molecular weight is 282 g/mol. The van der Waals surface area contributed by atoms with Crippen LogP contribution in [0.1, 0.15) is 6.92 Å². The second-order valence-corrected chi connectivity index (χ2v) is 5.16. The van der Waals surface area contributed by atoms with Gasteiger partial charge >= 0.3 is 0 Å². The summed E-state index contributed by atoms with van der Waals surface area (Å²) in [5, 5.41) is 8.89. The van der Waals surface area contributed by atoms with Gasteiger partial charge in [-0.25, -0.2) is 0 Å². The Morgan fingerprint density at radius 3 is 3.06 bits per heavy atom. The van der Waals surface area contributed by atoms with Gasteiger partial charge in [0.2, 0.25) is 5.91 Å². The Labute approximate surface area is 114 Å². The molecule has 7 heteroatoms. The molecule has 0 aliphatic rings. The van der Waals surface area contributed by atoms with Crippen LogP contribution in [0, 0.1) is 4.77 Å². The molecular weight excluding hydrogens is 268 g/mol. The summed E-state index contributed by atoms with van der Waals surface area (Å²) < 4.78 is 2.20. The predicted octanol–water partition coefficient (Wildman–Crippen LogP) is 2.15. The van der Waals surface area contributed by atoms with Gasteiger partial charge in [0.25, 0.3) is 0 Å². The summed E-state index contributed by atoms with van der Waals surface area (Å²) >= 11 is 6.74. The molecule has 1 amide bonds. The molecule has 0 bridgehead atoms. The lowest BCUT2D eigenvalue weighted by atomic mass is 10.4. The first-order valence-corrected chi connectivity index (χ1v) is 6.85. The number of aromatic nitrogens is 3. The standard InChI is InChI=1S/C11H14N4OS2/c1-3-14(2)9(16)7-15-10(12-13-11(15)17)8-5-4-6-18-8/h4-6H,3,7H2,1-2H3,(H,13,17). The normalized spacial score (nSPS) is 10.6. The van der Waals surface area contributed by atoms with Gasteiger partial charge in [-0.2, -0.15) is 5.10 Å². The number of thiophene rings is 1. The SMILES string of the molecule is CCN(C)C(=O)Cn1c(-c2cccs2)n[nH]c1=S. The Bertz CT molecular complexity index is 584. The highest BCUT2D eigenvalue weighted by atomic mass is 32.1. The van der Waals surface area contributed by atoms with Gasteiger partial charge in [-0.1, -0.05) is 6.07 Å². The molecule has 1 N–H and O–H groups in total. The van der Waals surface area contributed by atoms with Gasteiger partial charge in [0, 0.05) is 13.6 Å². The molecule has 5 nitrogen and oxygen atoms in total. The molecule has 0 aromatic carbocycles. The minimum Gasteiger partial charge on any atom is -0.344 e. The van der Waals surface area contributed by atoms with Crippen LogP contribution in [0.15, 0.2) is 17.5 Å². The summed E-state index contributed by atoms with van der Waals surface area (Å²) in [5.74, 6) is 0.737. The topological polar surface area (TPSA) is 53.9 Å². The molecule has 18 heavy (non-hydrogen) atoms. The second-order valence-electron chi connectivity index (χ2n) is 3.82. The van der Waals surface area contributed by atoms with Crippen LogP contribution in [-0.4, -0.2) is 39.2 Å². The van der Waals surface area contributed by atoms with E-state index in [0.29, 0.717) is 17.1 Å². The number of hydrogen-bond acceptors (Lipinski definition) is 4. The summed E-state index contributed by atoms with van der Waals surface area (Å²) in [5.41, 5.74) is 0. The van der Waals surface area contributed by atoms with Gasteiger partial charge in [0.15, 0.2) is 10.6 Å². The molecule has 2 aromatic heterocycles. The van der Waals surface area contributed by atoms with Crippen LogP contribution < -0.4 is 0 Å². The van der Waals surface area contributed by atoms with Crippen molar-refractivity contribution in [1.82, 2.24) is 19.7 Å². The lowest BCUT2D eigenvalue weighted by Crippen LogP contribution is -2.30. The molecule has 0 saturated heterocycles. The van der Waals surface area contributed by atoms with Crippen molar-refractivity contribution in [2.24, 2.45) is 0 Å². The highest BCUT2D eigenvalue weighted by Crippen LogP contribution is 2.22. The largest absolute Gasteiger partial charge is 0.344 e. The van der Waals surface area contributed by atoms with Crippen LogP contribution in [0.3, 0.4) is 0 Å². The first-order chi connectivity index (χ1) is 8.63. The minimum absolute atomic E-state index is 0.0211. The monoisotopic (exact) mass is 282 g/mol. The number of nitrogens with one attached hydrogen (secondary N) is 1. The van der Waals surface area contributed by atoms with E-state index in [1.807, 2.05) is 24.4 Å². The predicted molar refractivity (Wildman–Crippen MR) is 74.0 cm³/mol. The van der Waals surface area contributed by atoms with Crippen molar-refractivity contribution in [3.8, 4) is 10.7 Å². The molecule has 2 rings (SSSR count). The molecule has 0 fully saturated rings. The quantitative estimate of drug-likeness (QED) is 0.874. The highest BCUT2D eigenvalue weighted by molar-refractivity contribution is 7.71. The van der Waals surface area contributed by atoms with E-state index in [-0.39, 0.29) is 12.5 Å². The van der Waals surface area contributed by atoms with Crippen LogP contribution >= 0.6 is 23.6 Å². The molecule has 96 valence electrons. The first-order valence-electron chi connectivity index (χ1n) is 5.56. The van der Waals surface area contributed by atoms with Crippen LogP contribution in [0.4, 0.5) is 0 Å². The zero-order valence-corrected chi connectivity index (χ0v) is 11.8. The lowest BCUT2D eigenvalue weighted by molar-refractivity contribution is -0.130. The fourth-order valence-corrected chi connectivity index (χ4v) is 2.41. The van der Waals surface area contributed by atoms with E-state index < -0.39 is 0 Å². The molecular formula is C11H14N4OS2. The second kappa shape index (κ2) is 5.45. The van der Waals surface area contributed by atoms with Crippen molar-refractivity contribution in [3.63, 3.8) is 0 Å². The summed E-state index contributed by atoms with van der Waals surface area (Å²) in [6.07, 6.45) is 0. The Hall–Kier alpha value is -1.47. The number of hydrogen-bond donors (Lipinski definition) is 1. The molecule has 0 aliphatic heterocycles. The number of rotatable bonds is 4. The van der Waals surface area contributed by atoms with E-state index >= 15 is 0 Å². The number of carbonyl (C=O) groups excluding carboxylic acids is 1. The van der Waals surface area contributed by atoms with E-state index in [0.717, 1.165) is 4.88 Å². The molecule has 0 unspecified atom stereocenters. The van der Waals surface area contributed by atoms with Gasteiger partial charge in [0.05, 0.1) is 4.88 Å². The van der Waals surface area contributed by atoms with E-state index in [4.69, 9.17) is 12.2 Å². The Kier molecular flexibility index (Phi) is 3.93. The molecule has 0 radical (unpaired) electrons. The van der Waals surface area contributed by atoms with Crippen LogP contribution in [0.2, 0.25) is 0 Å². The van der Waals surface area contributed by atoms with Crippen LogP contribution in [0.25, 0.3) is 10.7 Å². The van der Waals surface area contributed by atoms with Gasteiger partial charge in [-0.3, -0.25) is 14.5 Å². The summed E-state index contributed by atoms with van der Waals surface area (Å²) in [6, 6.07) is 3.90. The van der Waals surface area contributed by atoms with Gasteiger partial charge in [-0.15, -0.1) is 11.3 Å². The third kappa shape index (κ3) is 2.51. The maximum absolute atomic E-state index is 11.9. The third-order valence-electron chi connectivity index (χ3n) is 2.69. The Morgan fingerprint density at radius 2 is 2.44 bits per heavy atom. The molecule has 0 spiro atoms. The fraction of sp³-hybridized carbons (Fsp3) is 0.364. The molecule has 0 aliphatic carbocycles. The number of H-pyrrole nitrogens is 1. The summed E-state index contributed by atoms with van der Waals surface area (Å²) in [6.45, 7) is 2.83. The zero-order chi connectivity index (χ0) is 13.1. The van der Waals surface area contributed by atoms with Crippen LogP contribution in [0.5, 0.6) is 0 Å². The highest BCUT2D eigenvalue weighted by Gasteiger charge is 2.14.